The summed E-state index contributed by atoms with van der Waals surface area (Å²) in [5.41, 5.74) is 1.72. The average molecular weight is 306 g/mol. The van der Waals surface area contributed by atoms with Crippen LogP contribution in [0.3, 0.4) is 0 Å². The molecular weight excluding hydrogens is 280 g/mol. The molecule has 0 aromatic heterocycles. The summed E-state index contributed by atoms with van der Waals surface area (Å²) in [5, 5.41) is 12.3. The van der Waals surface area contributed by atoms with Gasteiger partial charge in [-0.05, 0) is 37.1 Å². The zero-order valence-electron chi connectivity index (χ0n) is 13.3. The summed E-state index contributed by atoms with van der Waals surface area (Å²) in [6.45, 7) is 3.16. The summed E-state index contributed by atoms with van der Waals surface area (Å²) in [6.07, 6.45) is 3.40. The zero-order valence-corrected chi connectivity index (χ0v) is 13.3. The van der Waals surface area contributed by atoms with Crippen molar-refractivity contribution in [1.82, 2.24) is 10.2 Å². The lowest BCUT2D eigenvalue weighted by atomic mass is 10.0. The number of carbonyl (C=O) groups is 1. The number of carbonyl (C=O) groups excluding carboxylic acids is 1. The highest BCUT2D eigenvalue weighted by Crippen LogP contribution is 2.15. The highest BCUT2D eigenvalue weighted by molar-refractivity contribution is 5.94. The fraction of sp³-hybridized carbons (Fsp3) is 0.588. The Morgan fingerprint density at radius 3 is 2.82 bits per heavy atom. The summed E-state index contributed by atoms with van der Waals surface area (Å²) >= 11 is 0. The van der Waals surface area contributed by atoms with Crippen molar-refractivity contribution in [3.05, 3.63) is 35.4 Å². The van der Waals surface area contributed by atoms with E-state index in [-0.39, 0.29) is 18.6 Å². The van der Waals surface area contributed by atoms with Crippen molar-refractivity contribution in [2.45, 2.75) is 31.9 Å². The lowest BCUT2D eigenvalue weighted by Crippen LogP contribution is -2.45. The number of aliphatic hydroxyl groups excluding tert-OH is 1. The Morgan fingerprint density at radius 2 is 2.14 bits per heavy atom. The van der Waals surface area contributed by atoms with Gasteiger partial charge in [0.1, 0.15) is 0 Å². The maximum absolute atomic E-state index is 12.1. The van der Waals surface area contributed by atoms with Crippen LogP contribution in [0.25, 0.3) is 0 Å². The van der Waals surface area contributed by atoms with Gasteiger partial charge >= 0.3 is 0 Å². The van der Waals surface area contributed by atoms with E-state index >= 15 is 0 Å². The monoisotopic (exact) mass is 306 g/mol. The molecule has 0 saturated carbocycles. The van der Waals surface area contributed by atoms with E-state index in [0.717, 1.165) is 25.1 Å². The Kier molecular flexibility index (Phi) is 6.83. The van der Waals surface area contributed by atoms with E-state index in [1.807, 2.05) is 24.3 Å². The van der Waals surface area contributed by atoms with Crippen molar-refractivity contribution in [2.24, 2.45) is 0 Å². The van der Waals surface area contributed by atoms with Crippen LogP contribution >= 0.6 is 0 Å². The molecule has 1 aromatic carbocycles. The van der Waals surface area contributed by atoms with E-state index in [0.29, 0.717) is 18.7 Å². The molecule has 5 heteroatoms. The van der Waals surface area contributed by atoms with E-state index in [1.54, 1.807) is 7.11 Å². The molecule has 1 aliphatic heterocycles. The third kappa shape index (κ3) is 4.80. The van der Waals surface area contributed by atoms with E-state index in [1.165, 1.54) is 12.8 Å². The largest absolute Gasteiger partial charge is 0.395 e. The van der Waals surface area contributed by atoms with Gasteiger partial charge in [-0.1, -0.05) is 18.6 Å². The number of likely N-dealkylation sites (tertiary alicyclic amines) is 1. The third-order valence-electron chi connectivity index (χ3n) is 4.17. The number of nitrogens with zero attached hydrogens (tertiary/aromatic N) is 1. The number of ether oxygens (including phenoxy) is 1. The standard InChI is InChI=1S/C17H26N2O3/c1-22-13-14-5-7-15(8-6-14)17(21)18-9-11-19-10-3-2-4-16(19)12-20/h5-8,16,20H,2-4,9-13H2,1H3,(H,18,21). The Hall–Kier alpha value is -1.43. The molecule has 122 valence electrons. The Morgan fingerprint density at radius 1 is 1.36 bits per heavy atom. The lowest BCUT2D eigenvalue weighted by molar-refractivity contribution is 0.0849. The molecule has 1 aliphatic rings. The first kappa shape index (κ1) is 16.9. The van der Waals surface area contributed by atoms with Crippen LogP contribution in [0.15, 0.2) is 24.3 Å². The number of methoxy groups -OCH3 is 1. The predicted octanol–water partition coefficient (Wildman–Crippen LogP) is 1.41. The number of amides is 1. The minimum atomic E-state index is -0.0541. The molecular formula is C17H26N2O3. The summed E-state index contributed by atoms with van der Waals surface area (Å²) in [4.78, 5) is 14.4. The number of hydrogen-bond donors (Lipinski definition) is 2. The van der Waals surface area contributed by atoms with Crippen LogP contribution < -0.4 is 5.32 Å². The summed E-state index contributed by atoms with van der Waals surface area (Å²) in [5.74, 6) is -0.0541. The predicted molar refractivity (Wildman–Crippen MR) is 85.8 cm³/mol. The van der Waals surface area contributed by atoms with Crippen molar-refractivity contribution in [3.63, 3.8) is 0 Å². The molecule has 1 amide bonds. The normalized spacial score (nSPS) is 19.1. The zero-order chi connectivity index (χ0) is 15.8. The van der Waals surface area contributed by atoms with Gasteiger partial charge in [0, 0.05) is 31.8 Å². The molecule has 2 N–H and O–H groups in total. The Bertz CT molecular complexity index is 461. The van der Waals surface area contributed by atoms with Crippen molar-refractivity contribution < 1.29 is 14.6 Å². The van der Waals surface area contributed by atoms with Gasteiger partial charge in [-0.15, -0.1) is 0 Å². The Labute approximate surface area is 132 Å². The Balaban J connectivity index is 1.77. The van der Waals surface area contributed by atoms with Crippen LogP contribution in [0.2, 0.25) is 0 Å². The molecule has 0 radical (unpaired) electrons. The fourth-order valence-corrected chi connectivity index (χ4v) is 2.90. The second-order valence-electron chi connectivity index (χ2n) is 5.75. The summed E-state index contributed by atoms with van der Waals surface area (Å²) < 4.78 is 5.05. The fourth-order valence-electron chi connectivity index (χ4n) is 2.90. The average Bonchev–Trinajstić information content (AvgIpc) is 2.56. The number of nitrogens with one attached hydrogen (secondary N) is 1. The second-order valence-corrected chi connectivity index (χ2v) is 5.75. The van der Waals surface area contributed by atoms with Crippen LogP contribution in [0, 0.1) is 0 Å². The highest BCUT2D eigenvalue weighted by Gasteiger charge is 2.21. The molecule has 0 spiro atoms. The SMILES string of the molecule is COCc1ccc(C(=O)NCCN2CCCCC2CO)cc1. The van der Waals surface area contributed by atoms with E-state index in [4.69, 9.17) is 4.74 Å². The van der Waals surface area contributed by atoms with Gasteiger partial charge in [-0.2, -0.15) is 0 Å². The van der Waals surface area contributed by atoms with Crippen LogP contribution in [0.4, 0.5) is 0 Å². The molecule has 1 atom stereocenters. The molecule has 5 nitrogen and oxygen atoms in total. The first-order valence-corrected chi connectivity index (χ1v) is 7.95. The van der Waals surface area contributed by atoms with E-state index in [9.17, 15) is 9.90 Å². The topological polar surface area (TPSA) is 61.8 Å². The van der Waals surface area contributed by atoms with Gasteiger partial charge in [0.25, 0.3) is 5.91 Å². The van der Waals surface area contributed by atoms with Crippen LogP contribution in [0.1, 0.15) is 35.2 Å². The first-order valence-electron chi connectivity index (χ1n) is 7.95. The van der Waals surface area contributed by atoms with Crippen LogP contribution in [0.5, 0.6) is 0 Å². The number of piperidine rings is 1. The van der Waals surface area contributed by atoms with Gasteiger partial charge < -0.3 is 15.2 Å². The van der Waals surface area contributed by atoms with Crippen molar-refractivity contribution in [1.29, 1.82) is 0 Å². The van der Waals surface area contributed by atoms with Gasteiger partial charge in [0.15, 0.2) is 0 Å². The first-order chi connectivity index (χ1) is 10.7. The van der Waals surface area contributed by atoms with Crippen LogP contribution in [-0.4, -0.2) is 55.3 Å². The molecule has 1 heterocycles. The van der Waals surface area contributed by atoms with Crippen molar-refractivity contribution in [3.8, 4) is 0 Å². The van der Waals surface area contributed by atoms with E-state index in [2.05, 4.69) is 10.2 Å². The minimum Gasteiger partial charge on any atom is -0.395 e. The maximum Gasteiger partial charge on any atom is 0.251 e. The molecule has 1 unspecified atom stereocenters. The van der Waals surface area contributed by atoms with Gasteiger partial charge in [0.2, 0.25) is 0 Å². The third-order valence-corrected chi connectivity index (χ3v) is 4.17. The molecule has 0 bridgehead atoms. The molecule has 2 rings (SSSR count). The number of rotatable bonds is 7. The molecule has 22 heavy (non-hydrogen) atoms. The molecule has 0 aliphatic carbocycles. The maximum atomic E-state index is 12.1. The smallest absolute Gasteiger partial charge is 0.251 e. The summed E-state index contributed by atoms with van der Waals surface area (Å²) in [6, 6.07) is 7.71. The lowest BCUT2D eigenvalue weighted by Gasteiger charge is -2.34. The quantitative estimate of drug-likeness (QED) is 0.799. The number of hydrogen-bond acceptors (Lipinski definition) is 4. The minimum absolute atomic E-state index is 0.0541. The van der Waals surface area contributed by atoms with Gasteiger partial charge in [-0.25, -0.2) is 0 Å². The second kappa shape index (κ2) is 8.88. The van der Waals surface area contributed by atoms with Crippen LogP contribution in [-0.2, 0) is 11.3 Å². The van der Waals surface area contributed by atoms with Crippen molar-refractivity contribution >= 4 is 5.91 Å². The number of aliphatic hydroxyl groups is 1. The highest BCUT2D eigenvalue weighted by atomic mass is 16.5. The van der Waals surface area contributed by atoms with Crippen molar-refractivity contribution in [2.75, 3.05) is 33.4 Å². The van der Waals surface area contributed by atoms with Gasteiger partial charge in [-0.3, -0.25) is 9.69 Å². The number of benzene rings is 1. The molecule has 1 saturated heterocycles. The summed E-state index contributed by atoms with van der Waals surface area (Å²) in [7, 11) is 1.65. The molecule has 1 fully saturated rings. The molecule has 1 aromatic rings. The van der Waals surface area contributed by atoms with E-state index < -0.39 is 0 Å². The van der Waals surface area contributed by atoms with Gasteiger partial charge in [0.05, 0.1) is 13.2 Å².